The molecule has 0 atom stereocenters. The molecule has 0 bridgehead atoms. The molecule has 2 fully saturated rings. The van der Waals surface area contributed by atoms with Gasteiger partial charge >= 0.3 is 0 Å². The number of hydrogen-bond acceptors (Lipinski definition) is 6. The number of ether oxygens (including phenoxy) is 1. The number of anilines is 3. The highest BCUT2D eigenvalue weighted by Gasteiger charge is 2.33. The molecular weight excluding hydrogens is 422 g/mol. The number of nitrogens with one attached hydrogen (secondary N) is 1. The minimum Gasteiger partial charge on any atom is -0.495 e. The van der Waals surface area contributed by atoms with Gasteiger partial charge in [-0.3, -0.25) is 19.1 Å². The van der Waals surface area contributed by atoms with Gasteiger partial charge in [0, 0.05) is 31.5 Å². The Morgan fingerprint density at radius 2 is 1.68 bits per heavy atom. The zero-order chi connectivity index (χ0) is 22.2. The van der Waals surface area contributed by atoms with Gasteiger partial charge in [-0.25, -0.2) is 13.3 Å². The number of benzene rings is 2. The Morgan fingerprint density at radius 1 is 0.935 bits per heavy atom. The highest BCUT2D eigenvalue weighted by molar-refractivity contribution is 7.92. The first kappa shape index (κ1) is 20.9. The van der Waals surface area contributed by atoms with Crippen LogP contribution in [0, 0.1) is 0 Å². The second-order valence-corrected chi connectivity index (χ2v) is 8.94. The van der Waals surface area contributed by atoms with Crippen LogP contribution in [0.1, 0.15) is 25.7 Å². The van der Waals surface area contributed by atoms with Crippen molar-refractivity contribution >= 4 is 44.8 Å². The van der Waals surface area contributed by atoms with Gasteiger partial charge in [0.25, 0.3) is 10.0 Å². The Bertz CT molecular complexity index is 1160. The number of methoxy groups -OCH3 is 1. The van der Waals surface area contributed by atoms with E-state index in [9.17, 15) is 22.8 Å². The van der Waals surface area contributed by atoms with E-state index in [1.807, 2.05) is 0 Å². The van der Waals surface area contributed by atoms with Crippen LogP contribution in [0.3, 0.4) is 0 Å². The third-order valence-corrected chi connectivity index (χ3v) is 6.62. The van der Waals surface area contributed by atoms with Gasteiger partial charge in [0.05, 0.1) is 23.4 Å². The van der Waals surface area contributed by atoms with Crippen molar-refractivity contribution in [2.24, 2.45) is 0 Å². The van der Waals surface area contributed by atoms with Crippen molar-refractivity contribution < 1.29 is 27.5 Å². The van der Waals surface area contributed by atoms with E-state index >= 15 is 0 Å². The van der Waals surface area contributed by atoms with E-state index < -0.39 is 21.8 Å². The highest BCUT2D eigenvalue weighted by Crippen LogP contribution is 2.35. The molecule has 4 rings (SSSR count). The lowest BCUT2D eigenvalue weighted by molar-refractivity contribution is -0.121. The molecule has 2 aromatic rings. The summed E-state index contributed by atoms with van der Waals surface area (Å²) in [5.74, 6) is -0.598. The quantitative estimate of drug-likeness (QED) is 0.686. The zero-order valence-electron chi connectivity index (χ0n) is 16.8. The average Bonchev–Trinajstić information content (AvgIpc) is 3.32. The van der Waals surface area contributed by atoms with Gasteiger partial charge in [-0.15, -0.1) is 0 Å². The van der Waals surface area contributed by atoms with Crippen LogP contribution in [0.5, 0.6) is 5.75 Å². The summed E-state index contributed by atoms with van der Waals surface area (Å²) in [7, 11) is -2.66. The Kier molecular flexibility index (Phi) is 5.40. The smallest absolute Gasteiger partial charge is 0.261 e. The van der Waals surface area contributed by atoms with Crippen molar-refractivity contribution in [2.45, 2.75) is 30.6 Å². The first-order valence-corrected chi connectivity index (χ1v) is 11.3. The van der Waals surface area contributed by atoms with Gasteiger partial charge in [0.1, 0.15) is 5.75 Å². The first-order chi connectivity index (χ1) is 14.8. The molecule has 0 radical (unpaired) electrons. The number of imide groups is 1. The number of amides is 3. The van der Waals surface area contributed by atoms with Crippen molar-refractivity contribution in [3.63, 3.8) is 0 Å². The summed E-state index contributed by atoms with van der Waals surface area (Å²) in [6, 6.07) is 10.6. The molecule has 0 unspecified atom stereocenters. The van der Waals surface area contributed by atoms with E-state index in [4.69, 9.17) is 4.74 Å². The van der Waals surface area contributed by atoms with Crippen molar-refractivity contribution in [3.8, 4) is 5.75 Å². The number of nitrogens with zero attached hydrogens (tertiary/aromatic N) is 2. The number of carbonyl (C=O) groups excluding carboxylic acids is 3. The fourth-order valence-electron chi connectivity index (χ4n) is 3.73. The van der Waals surface area contributed by atoms with E-state index in [1.165, 1.54) is 25.3 Å². The molecule has 0 aliphatic carbocycles. The van der Waals surface area contributed by atoms with Crippen LogP contribution in [0.25, 0.3) is 0 Å². The molecule has 1 N–H and O–H groups in total. The van der Waals surface area contributed by atoms with Crippen LogP contribution in [-0.4, -0.2) is 39.8 Å². The van der Waals surface area contributed by atoms with Crippen LogP contribution in [0.15, 0.2) is 47.4 Å². The summed E-state index contributed by atoms with van der Waals surface area (Å²) in [5.41, 5.74) is 1.00. The Hall–Kier alpha value is -3.40. The third-order valence-electron chi connectivity index (χ3n) is 5.24. The highest BCUT2D eigenvalue weighted by atomic mass is 32.2. The molecule has 0 saturated carbocycles. The summed E-state index contributed by atoms with van der Waals surface area (Å²) in [6.45, 7) is 0.592. The van der Waals surface area contributed by atoms with Crippen molar-refractivity contribution in [3.05, 3.63) is 42.5 Å². The van der Waals surface area contributed by atoms with Crippen LogP contribution in [0.4, 0.5) is 17.1 Å². The molecule has 10 heteroatoms. The van der Waals surface area contributed by atoms with Crippen LogP contribution in [-0.2, 0) is 24.4 Å². The molecule has 9 nitrogen and oxygen atoms in total. The maximum atomic E-state index is 13.0. The normalized spacial score (nSPS) is 16.9. The standard InChI is InChI=1S/C21H21N3O6S/c1-30-18-8-7-16(13-17(18)24-20(26)9-10-21(24)27)31(28,29)22-14-4-2-5-15(12-14)23-11-3-6-19(23)25/h2,4-5,7-8,12-13,22H,3,6,9-11H2,1H3. The van der Waals surface area contributed by atoms with Crippen molar-refractivity contribution in [1.82, 2.24) is 0 Å². The molecular formula is C21H21N3O6S. The molecule has 2 aliphatic rings. The summed E-state index contributed by atoms with van der Waals surface area (Å²) >= 11 is 0. The van der Waals surface area contributed by atoms with Gasteiger partial charge in [-0.1, -0.05) is 6.07 Å². The van der Waals surface area contributed by atoms with Gasteiger partial charge in [-0.2, -0.15) is 0 Å². The predicted octanol–water partition coefficient (Wildman–Crippen LogP) is 2.28. The maximum absolute atomic E-state index is 13.0. The summed E-state index contributed by atoms with van der Waals surface area (Å²) in [4.78, 5) is 38.7. The molecule has 2 heterocycles. The van der Waals surface area contributed by atoms with Gasteiger partial charge in [0.15, 0.2) is 0 Å². The maximum Gasteiger partial charge on any atom is 0.261 e. The fourth-order valence-corrected chi connectivity index (χ4v) is 4.80. The molecule has 0 spiro atoms. The zero-order valence-corrected chi connectivity index (χ0v) is 17.6. The van der Waals surface area contributed by atoms with Gasteiger partial charge in [0.2, 0.25) is 17.7 Å². The number of hydrogen-bond donors (Lipinski definition) is 1. The van der Waals surface area contributed by atoms with Gasteiger partial charge in [-0.05, 0) is 42.8 Å². The molecule has 2 aromatic carbocycles. The minimum atomic E-state index is -4.04. The topological polar surface area (TPSA) is 113 Å². The van der Waals surface area contributed by atoms with Crippen LogP contribution in [0.2, 0.25) is 0 Å². The average molecular weight is 443 g/mol. The monoisotopic (exact) mass is 443 g/mol. The molecule has 0 aromatic heterocycles. The minimum absolute atomic E-state index is 0.000231. The first-order valence-electron chi connectivity index (χ1n) is 9.77. The van der Waals surface area contributed by atoms with Crippen LogP contribution >= 0.6 is 0 Å². The Labute approximate surface area is 179 Å². The summed E-state index contributed by atoms with van der Waals surface area (Å²) < 4.78 is 33.7. The molecule has 2 aliphatic heterocycles. The lowest BCUT2D eigenvalue weighted by Crippen LogP contribution is -2.29. The van der Waals surface area contributed by atoms with Crippen LogP contribution < -0.4 is 19.3 Å². The second-order valence-electron chi connectivity index (χ2n) is 7.26. The van der Waals surface area contributed by atoms with E-state index in [1.54, 1.807) is 29.2 Å². The Balaban J connectivity index is 1.65. The van der Waals surface area contributed by atoms with Crippen molar-refractivity contribution in [2.75, 3.05) is 28.2 Å². The fraction of sp³-hybridized carbons (Fsp3) is 0.286. The van der Waals surface area contributed by atoms with E-state index in [-0.39, 0.29) is 35.1 Å². The second kappa shape index (κ2) is 8.03. The van der Waals surface area contributed by atoms with Crippen molar-refractivity contribution in [1.29, 1.82) is 0 Å². The summed E-state index contributed by atoms with van der Waals surface area (Å²) in [6.07, 6.45) is 1.37. The molecule has 3 amide bonds. The number of carbonyl (C=O) groups is 3. The van der Waals surface area contributed by atoms with E-state index in [0.717, 1.165) is 11.3 Å². The number of rotatable bonds is 6. The molecule has 2 saturated heterocycles. The van der Waals surface area contributed by atoms with E-state index in [2.05, 4.69) is 4.72 Å². The van der Waals surface area contributed by atoms with Gasteiger partial charge < -0.3 is 9.64 Å². The number of sulfonamides is 1. The Morgan fingerprint density at radius 3 is 2.32 bits per heavy atom. The SMILES string of the molecule is COc1ccc(S(=O)(=O)Nc2cccc(N3CCCC3=O)c2)cc1N1C(=O)CCC1=O. The molecule has 31 heavy (non-hydrogen) atoms. The van der Waals surface area contributed by atoms with E-state index in [0.29, 0.717) is 24.3 Å². The summed E-state index contributed by atoms with van der Waals surface area (Å²) in [5, 5.41) is 0. The largest absolute Gasteiger partial charge is 0.495 e. The predicted molar refractivity (Wildman–Crippen MR) is 114 cm³/mol. The molecule has 162 valence electrons. The third kappa shape index (κ3) is 3.98. The lowest BCUT2D eigenvalue weighted by atomic mass is 10.2. The lowest BCUT2D eigenvalue weighted by Gasteiger charge is -2.19.